The van der Waals surface area contributed by atoms with E-state index in [-0.39, 0.29) is 5.69 Å². The number of benzene rings is 1. The summed E-state index contributed by atoms with van der Waals surface area (Å²) in [5, 5.41) is 5.13. The van der Waals surface area contributed by atoms with E-state index >= 15 is 0 Å². The first-order valence-electron chi connectivity index (χ1n) is 5.23. The maximum Gasteiger partial charge on any atom is 0.343 e. The number of pyridine rings is 1. The molecule has 0 aliphatic heterocycles. The van der Waals surface area contributed by atoms with Crippen LogP contribution in [0.5, 0.6) is 0 Å². The molecule has 1 N–H and O–H groups in total. The summed E-state index contributed by atoms with van der Waals surface area (Å²) in [6.07, 6.45) is 1.74. The molecule has 84 valence electrons. The number of H-pyrrole nitrogens is 1. The van der Waals surface area contributed by atoms with E-state index in [4.69, 9.17) is 0 Å². The third kappa shape index (κ3) is 1.52. The molecule has 0 saturated heterocycles. The van der Waals surface area contributed by atoms with Crippen LogP contribution in [0, 0.1) is 0 Å². The third-order valence-electron chi connectivity index (χ3n) is 2.67. The molecule has 0 radical (unpaired) electrons. The van der Waals surface area contributed by atoms with E-state index in [1.165, 1.54) is 4.68 Å². The zero-order chi connectivity index (χ0) is 11.8. The number of nitrogens with one attached hydrogen (secondary N) is 1. The molecule has 2 aromatic heterocycles. The van der Waals surface area contributed by atoms with Gasteiger partial charge in [-0.15, -0.1) is 0 Å². The molecule has 5 heteroatoms. The number of nitrogens with zero attached hydrogens (tertiary/aromatic N) is 3. The Bertz CT molecular complexity index is 736. The van der Waals surface area contributed by atoms with Crippen molar-refractivity contribution in [1.82, 2.24) is 19.7 Å². The van der Waals surface area contributed by atoms with Crippen LogP contribution in [0.2, 0.25) is 0 Å². The monoisotopic (exact) mass is 226 g/mol. The van der Waals surface area contributed by atoms with Gasteiger partial charge in [-0.3, -0.25) is 9.97 Å². The van der Waals surface area contributed by atoms with Crippen LogP contribution in [0.3, 0.4) is 0 Å². The van der Waals surface area contributed by atoms with Crippen molar-refractivity contribution in [1.29, 1.82) is 0 Å². The Balaban J connectivity index is 2.34. The summed E-state index contributed by atoms with van der Waals surface area (Å²) in [5.41, 5.74) is 1.55. The summed E-state index contributed by atoms with van der Waals surface area (Å²) >= 11 is 0. The van der Waals surface area contributed by atoms with Crippen LogP contribution in [0.4, 0.5) is 0 Å². The van der Waals surface area contributed by atoms with Crippen molar-refractivity contribution in [2.24, 2.45) is 7.05 Å². The van der Waals surface area contributed by atoms with E-state index in [2.05, 4.69) is 15.1 Å². The number of aryl methyl sites for hydroxylation is 1. The van der Waals surface area contributed by atoms with Crippen LogP contribution in [0.25, 0.3) is 22.3 Å². The lowest BCUT2D eigenvalue weighted by Gasteiger charge is -2.01. The molecule has 1 aromatic carbocycles. The van der Waals surface area contributed by atoms with Gasteiger partial charge >= 0.3 is 5.69 Å². The topological polar surface area (TPSA) is 63.6 Å². The predicted molar refractivity (Wildman–Crippen MR) is 64.6 cm³/mol. The summed E-state index contributed by atoms with van der Waals surface area (Å²) in [6, 6.07) is 9.58. The lowest BCUT2D eigenvalue weighted by atomic mass is 10.1. The molecule has 2 heterocycles. The van der Waals surface area contributed by atoms with Gasteiger partial charge in [0.05, 0.1) is 5.52 Å². The molecule has 0 amide bonds. The van der Waals surface area contributed by atoms with Crippen LogP contribution in [0.1, 0.15) is 0 Å². The van der Waals surface area contributed by atoms with Gasteiger partial charge in [0.15, 0.2) is 5.82 Å². The smallest absolute Gasteiger partial charge is 0.289 e. The lowest BCUT2D eigenvalue weighted by molar-refractivity contribution is 0.736. The van der Waals surface area contributed by atoms with Gasteiger partial charge in [0.1, 0.15) is 0 Å². The molecule has 0 fully saturated rings. The molecule has 0 aliphatic carbocycles. The third-order valence-corrected chi connectivity index (χ3v) is 2.67. The summed E-state index contributed by atoms with van der Waals surface area (Å²) in [4.78, 5) is 18.4. The van der Waals surface area contributed by atoms with Crippen LogP contribution < -0.4 is 5.69 Å². The van der Waals surface area contributed by atoms with Gasteiger partial charge in [-0.2, -0.15) is 5.10 Å². The predicted octanol–water partition coefficient (Wildman–Crippen LogP) is 1.32. The largest absolute Gasteiger partial charge is 0.343 e. The second-order valence-corrected chi connectivity index (χ2v) is 3.78. The number of aromatic amines is 1. The molecule has 3 aromatic rings. The Kier molecular flexibility index (Phi) is 2.04. The zero-order valence-electron chi connectivity index (χ0n) is 9.21. The van der Waals surface area contributed by atoms with Crippen LogP contribution >= 0.6 is 0 Å². The van der Waals surface area contributed by atoms with Gasteiger partial charge < -0.3 is 0 Å². The molecular formula is C12H10N4O. The fraction of sp³-hybridized carbons (Fsp3) is 0.0833. The second-order valence-electron chi connectivity index (χ2n) is 3.78. The Morgan fingerprint density at radius 2 is 2.12 bits per heavy atom. The minimum absolute atomic E-state index is 0.221. The van der Waals surface area contributed by atoms with Gasteiger partial charge in [-0.1, -0.05) is 18.2 Å². The average molecular weight is 226 g/mol. The van der Waals surface area contributed by atoms with Gasteiger partial charge in [-0.25, -0.2) is 9.48 Å². The number of fused-ring (bicyclic) bond motifs is 1. The van der Waals surface area contributed by atoms with Gasteiger partial charge in [0.2, 0.25) is 0 Å². The SMILES string of the molecule is Cn1nc(-c2cccc3ncccc23)[nH]c1=O. The minimum atomic E-state index is -0.221. The number of hydrogen-bond donors (Lipinski definition) is 1. The summed E-state index contributed by atoms with van der Waals surface area (Å²) in [5.74, 6) is 0.566. The highest BCUT2D eigenvalue weighted by atomic mass is 16.1. The molecule has 0 spiro atoms. The van der Waals surface area contributed by atoms with Crippen molar-refractivity contribution in [3.8, 4) is 11.4 Å². The Hall–Kier alpha value is -2.43. The van der Waals surface area contributed by atoms with Crippen molar-refractivity contribution in [3.63, 3.8) is 0 Å². The molecule has 17 heavy (non-hydrogen) atoms. The number of hydrogen-bond acceptors (Lipinski definition) is 3. The van der Waals surface area contributed by atoms with E-state index in [1.54, 1.807) is 13.2 Å². The summed E-state index contributed by atoms with van der Waals surface area (Å²) in [6.45, 7) is 0. The highest BCUT2D eigenvalue weighted by Gasteiger charge is 2.08. The highest BCUT2D eigenvalue weighted by molar-refractivity contribution is 5.92. The Morgan fingerprint density at radius 1 is 1.24 bits per heavy atom. The summed E-state index contributed by atoms with van der Waals surface area (Å²) in [7, 11) is 1.62. The Labute approximate surface area is 96.7 Å². The molecule has 3 rings (SSSR count). The molecule has 0 saturated carbocycles. The first-order chi connectivity index (χ1) is 8.25. The molecule has 0 aliphatic rings. The van der Waals surface area contributed by atoms with Crippen molar-refractivity contribution in [3.05, 3.63) is 47.0 Å². The fourth-order valence-corrected chi connectivity index (χ4v) is 1.83. The van der Waals surface area contributed by atoms with Gasteiger partial charge in [-0.05, 0) is 12.1 Å². The van der Waals surface area contributed by atoms with Gasteiger partial charge in [0, 0.05) is 24.2 Å². The number of aromatic nitrogens is 4. The normalized spacial score (nSPS) is 10.9. The van der Waals surface area contributed by atoms with E-state index < -0.39 is 0 Å². The van der Waals surface area contributed by atoms with Gasteiger partial charge in [0.25, 0.3) is 0 Å². The fourth-order valence-electron chi connectivity index (χ4n) is 1.83. The second kappa shape index (κ2) is 3.55. The van der Waals surface area contributed by atoms with Crippen LogP contribution in [-0.4, -0.2) is 19.7 Å². The van der Waals surface area contributed by atoms with Crippen molar-refractivity contribution >= 4 is 10.9 Å². The van der Waals surface area contributed by atoms with Crippen LogP contribution in [-0.2, 0) is 7.05 Å². The van der Waals surface area contributed by atoms with Crippen molar-refractivity contribution < 1.29 is 0 Å². The maximum absolute atomic E-state index is 11.4. The Morgan fingerprint density at radius 3 is 2.88 bits per heavy atom. The first kappa shape index (κ1) is 9.77. The number of rotatable bonds is 1. The van der Waals surface area contributed by atoms with Crippen LogP contribution in [0.15, 0.2) is 41.3 Å². The van der Waals surface area contributed by atoms with Crippen molar-refractivity contribution in [2.75, 3.05) is 0 Å². The molecule has 0 atom stereocenters. The zero-order valence-corrected chi connectivity index (χ0v) is 9.21. The lowest BCUT2D eigenvalue weighted by Crippen LogP contribution is -2.13. The van der Waals surface area contributed by atoms with E-state index in [0.29, 0.717) is 5.82 Å². The minimum Gasteiger partial charge on any atom is -0.289 e. The van der Waals surface area contributed by atoms with E-state index in [9.17, 15) is 4.79 Å². The molecular weight excluding hydrogens is 216 g/mol. The van der Waals surface area contributed by atoms with E-state index in [1.807, 2.05) is 30.3 Å². The standard InChI is InChI=1S/C12H10N4O/c1-16-12(17)14-11(15-16)9-4-2-6-10-8(9)5-3-7-13-10/h2-7H,1H3,(H,14,15,17). The van der Waals surface area contributed by atoms with Crippen molar-refractivity contribution in [2.45, 2.75) is 0 Å². The molecule has 0 unspecified atom stereocenters. The maximum atomic E-state index is 11.4. The quantitative estimate of drug-likeness (QED) is 0.680. The summed E-state index contributed by atoms with van der Waals surface area (Å²) < 4.78 is 1.28. The first-order valence-corrected chi connectivity index (χ1v) is 5.23. The highest BCUT2D eigenvalue weighted by Crippen LogP contribution is 2.23. The molecule has 0 bridgehead atoms. The van der Waals surface area contributed by atoms with E-state index in [0.717, 1.165) is 16.5 Å². The average Bonchev–Trinajstić information content (AvgIpc) is 2.69. The molecule has 5 nitrogen and oxygen atoms in total.